The number of hydroxylamine groups is 2. The molecule has 3 fully saturated rings. The van der Waals surface area contributed by atoms with Gasteiger partial charge in [0.15, 0.2) is 17.5 Å². The van der Waals surface area contributed by atoms with Crippen molar-refractivity contribution < 1.29 is 56.2 Å². The molecule has 3 aliphatic heterocycles. The average molecular weight is 793 g/mol. The molecule has 3 saturated heterocycles. The van der Waals surface area contributed by atoms with Crippen LogP contribution in [0.25, 0.3) is 0 Å². The number of carboxylic acid groups (broad SMARTS) is 1. The number of hydrogen-bond acceptors (Lipinski definition) is 9. The molecule has 0 aliphatic carbocycles. The smallest absolute Gasteiger partial charge is 0.338 e. The van der Waals surface area contributed by atoms with Gasteiger partial charge in [-0.05, 0) is 65.7 Å². The maximum Gasteiger partial charge on any atom is 0.338 e. The molecular formula is C37H56F4N4O8S. The van der Waals surface area contributed by atoms with Crippen molar-refractivity contribution in [3.8, 4) is 5.75 Å². The first-order chi connectivity index (χ1) is 24.2. The number of carbonyl (C=O) groups is 5. The summed E-state index contributed by atoms with van der Waals surface area (Å²) in [6.45, 7) is 26.2. The Bertz CT molecular complexity index is 1550. The van der Waals surface area contributed by atoms with E-state index in [4.69, 9.17) is 15.7 Å². The second-order valence-electron chi connectivity index (χ2n) is 17.3. The van der Waals surface area contributed by atoms with Gasteiger partial charge in [-0.25, -0.2) is 22.8 Å². The lowest BCUT2D eigenvalue weighted by molar-refractivity contribution is -0.194. The number of nitrogens with one attached hydrogen (secondary N) is 2. The van der Waals surface area contributed by atoms with E-state index in [0.29, 0.717) is 35.9 Å². The summed E-state index contributed by atoms with van der Waals surface area (Å²) in [5, 5.41) is 15.9. The number of benzene rings is 1. The van der Waals surface area contributed by atoms with Gasteiger partial charge < -0.3 is 31.0 Å². The standard InChI is InChI=1S/C12H12F4O2.C10H15NO3.C9H16N2OS.C6H13NO2/c1-5-6(13)8(15)9(16)10(7(5)14)18-11(17)12(2,3)4;1-7-5-6-8(12)11(7)14-9(13)10(2,3)4;1-9(2,3)7-6-5(4-13-7)10-8(12)11-6;1-6(2,3)4(7)5(8)9/h1-4H3;1,5-6H2,2-4H3;5-7H,4H2,1-3H3,(H2,10,11,12);4H,7H2,1-3H3,(H,8,9). The van der Waals surface area contributed by atoms with Crippen molar-refractivity contribution in [1.29, 1.82) is 0 Å². The summed E-state index contributed by atoms with van der Waals surface area (Å²) in [7, 11) is 0. The van der Waals surface area contributed by atoms with Crippen LogP contribution in [0.5, 0.6) is 5.75 Å². The van der Waals surface area contributed by atoms with Crippen molar-refractivity contribution in [3.63, 3.8) is 0 Å². The van der Waals surface area contributed by atoms with Gasteiger partial charge in [0.05, 0.1) is 28.6 Å². The van der Waals surface area contributed by atoms with E-state index in [9.17, 15) is 41.5 Å². The lowest BCUT2D eigenvalue weighted by Gasteiger charge is -2.30. The molecule has 4 atom stereocenters. The first-order valence-corrected chi connectivity index (χ1v) is 18.2. The normalized spacial score (nSPS) is 20.1. The summed E-state index contributed by atoms with van der Waals surface area (Å²) in [6, 6.07) is -0.0822. The molecule has 1 aromatic rings. The quantitative estimate of drug-likeness (QED) is 0.0638. The molecule has 3 aliphatic rings. The summed E-state index contributed by atoms with van der Waals surface area (Å²) < 4.78 is 57.4. The molecule has 17 heteroatoms. The fourth-order valence-corrected chi connectivity index (χ4v) is 6.15. The van der Waals surface area contributed by atoms with Crippen LogP contribution in [0.3, 0.4) is 0 Å². The van der Waals surface area contributed by atoms with Crippen molar-refractivity contribution in [2.45, 2.75) is 126 Å². The van der Waals surface area contributed by atoms with Crippen LogP contribution in [0.1, 0.15) is 101 Å². The minimum atomic E-state index is -1.87. The average Bonchev–Trinajstić information content (AvgIpc) is 3.69. The van der Waals surface area contributed by atoms with Crippen LogP contribution in [-0.2, 0) is 24.0 Å². The fourth-order valence-electron chi connectivity index (χ4n) is 4.48. The van der Waals surface area contributed by atoms with Crippen molar-refractivity contribution >= 4 is 41.6 Å². The molecule has 54 heavy (non-hydrogen) atoms. The van der Waals surface area contributed by atoms with Crippen LogP contribution >= 0.6 is 11.8 Å². The number of halogens is 4. The van der Waals surface area contributed by atoms with E-state index in [1.807, 2.05) is 11.8 Å². The lowest BCUT2D eigenvalue weighted by atomic mass is 9.86. The third-order valence-electron chi connectivity index (χ3n) is 8.06. The number of fused-ring (bicyclic) bond motifs is 1. The maximum atomic E-state index is 13.5. The van der Waals surface area contributed by atoms with Crippen LogP contribution < -0.4 is 21.1 Å². The number of thioether (sulfide) groups is 1. The Morgan fingerprint density at radius 2 is 1.37 bits per heavy atom. The maximum absolute atomic E-state index is 13.5. The Hall–Kier alpha value is -3.86. The summed E-state index contributed by atoms with van der Waals surface area (Å²) in [5.74, 6) is -9.48. The predicted octanol–water partition coefficient (Wildman–Crippen LogP) is 6.77. The Morgan fingerprint density at radius 1 is 0.852 bits per heavy atom. The second-order valence-corrected chi connectivity index (χ2v) is 18.5. The van der Waals surface area contributed by atoms with Gasteiger partial charge in [-0.1, -0.05) is 48.1 Å². The summed E-state index contributed by atoms with van der Waals surface area (Å²) >= 11 is 1.97. The molecule has 0 aromatic heterocycles. The molecule has 1 aromatic carbocycles. The molecule has 4 rings (SSSR count). The number of hydrogen-bond donors (Lipinski definition) is 4. The molecule has 306 valence electrons. The van der Waals surface area contributed by atoms with Gasteiger partial charge in [0.2, 0.25) is 11.6 Å². The lowest BCUT2D eigenvalue weighted by Crippen LogP contribution is -2.42. The number of amides is 3. The summed E-state index contributed by atoms with van der Waals surface area (Å²) in [5.41, 5.74) is 3.39. The van der Waals surface area contributed by atoms with Gasteiger partial charge in [-0.15, -0.1) is 5.06 Å². The van der Waals surface area contributed by atoms with Gasteiger partial charge in [0, 0.05) is 23.0 Å². The minimum Gasteiger partial charge on any atom is -0.480 e. The number of rotatable bonds is 3. The SMILES string of the molecule is C=C1CCC(=O)N1OC(=O)C(C)(C)C.CC(C)(C)C(N)C(=O)O.CC(C)(C)C1SCC2NC(=O)NC21.Cc1c(F)c(F)c(F)c(OC(=O)C(C)(C)C)c1F. The molecule has 0 radical (unpaired) electrons. The van der Waals surface area contributed by atoms with Crippen molar-refractivity contribution in [2.75, 3.05) is 5.75 Å². The largest absolute Gasteiger partial charge is 0.480 e. The number of ether oxygens (including phenoxy) is 1. The predicted molar refractivity (Wildman–Crippen MR) is 197 cm³/mol. The molecule has 3 heterocycles. The van der Waals surface area contributed by atoms with E-state index < -0.39 is 69.4 Å². The third-order valence-corrected chi connectivity index (χ3v) is 9.97. The van der Waals surface area contributed by atoms with Gasteiger partial charge in [0.25, 0.3) is 5.91 Å². The monoisotopic (exact) mass is 792 g/mol. The van der Waals surface area contributed by atoms with Crippen molar-refractivity contribution in [1.82, 2.24) is 15.7 Å². The highest BCUT2D eigenvalue weighted by Gasteiger charge is 2.47. The van der Waals surface area contributed by atoms with Crippen molar-refractivity contribution in [2.24, 2.45) is 27.4 Å². The van der Waals surface area contributed by atoms with E-state index in [-0.39, 0.29) is 22.8 Å². The van der Waals surface area contributed by atoms with E-state index in [1.165, 1.54) is 20.8 Å². The zero-order valence-electron chi connectivity index (χ0n) is 33.4. The molecule has 0 bridgehead atoms. The highest BCUT2D eigenvalue weighted by molar-refractivity contribution is 8.00. The third kappa shape index (κ3) is 13.2. The van der Waals surface area contributed by atoms with Crippen molar-refractivity contribution in [3.05, 3.63) is 41.1 Å². The highest BCUT2D eigenvalue weighted by atomic mass is 32.2. The van der Waals surface area contributed by atoms with E-state index in [0.717, 1.165) is 17.7 Å². The molecule has 5 N–H and O–H groups in total. The molecule has 0 spiro atoms. The van der Waals surface area contributed by atoms with Crippen LogP contribution in [0.4, 0.5) is 22.4 Å². The van der Waals surface area contributed by atoms with Crippen LogP contribution in [-0.4, -0.2) is 69.1 Å². The number of nitrogens with two attached hydrogens (primary N) is 1. The number of nitrogens with zero attached hydrogens (tertiary/aromatic N) is 1. The van der Waals surface area contributed by atoms with E-state index >= 15 is 0 Å². The second kappa shape index (κ2) is 18.2. The molecule has 0 saturated carbocycles. The first-order valence-electron chi connectivity index (χ1n) is 17.2. The first kappa shape index (κ1) is 48.2. The van der Waals surface area contributed by atoms with Gasteiger partial charge in [-0.3, -0.25) is 14.4 Å². The topological polar surface area (TPSA) is 177 Å². The Kier molecular flexibility index (Phi) is 16.2. The number of carbonyl (C=O) groups excluding carboxylic acids is 4. The number of allylic oxidation sites excluding steroid dienone is 1. The minimum absolute atomic E-state index is 0.00421. The fraction of sp³-hybridized carbons (Fsp3) is 0.649. The molecule has 3 amide bonds. The van der Waals surface area contributed by atoms with Gasteiger partial charge in [0.1, 0.15) is 6.04 Å². The van der Waals surface area contributed by atoms with Crippen LogP contribution in [0.2, 0.25) is 0 Å². The zero-order chi connectivity index (χ0) is 42.5. The highest BCUT2D eigenvalue weighted by Crippen LogP contribution is 2.40. The van der Waals surface area contributed by atoms with Crippen LogP contribution in [0.15, 0.2) is 12.3 Å². The zero-order valence-corrected chi connectivity index (χ0v) is 34.2. The Labute approximate surface area is 319 Å². The van der Waals surface area contributed by atoms with E-state index in [1.54, 1.807) is 41.5 Å². The number of esters is 1. The number of carboxylic acids is 1. The molecule has 4 unspecified atom stereocenters. The van der Waals surface area contributed by atoms with E-state index in [2.05, 4.69) is 42.7 Å². The van der Waals surface area contributed by atoms with Crippen LogP contribution in [0, 0.1) is 51.9 Å². The number of urea groups is 1. The Morgan fingerprint density at radius 3 is 1.76 bits per heavy atom. The number of aliphatic carboxylic acids is 1. The Balaban J connectivity index is 0.000000370. The molecule has 12 nitrogen and oxygen atoms in total. The summed E-state index contributed by atoms with van der Waals surface area (Å²) in [6.07, 6.45) is 0.937. The van der Waals surface area contributed by atoms with Gasteiger partial charge >= 0.3 is 23.9 Å². The molecular weight excluding hydrogens is 736 g/mol. The summed E-state index contributed by atoms with van der Waals surface area (Å²) in [4.78, 5) is 60.4. The van der Waals surface area contributed by atoms with Gasteiger partial charge in [-0.2, -0.15) is 16.2 Å².